The fourth-order valence-electron chi connectivity index (χ4n) is 3.59. The molecule has 0 aliphatic carbocycles. The van der Waals surface area contributed by atoms with Gasteiger partial charge in [-0.15, -0.1) is 12.4 Å². The normalized spacial score (nSPS) is 12.5. The summed E-state index contributed by atoms with van der Waals surface area (Å²) in [6.45, 7) is 7.73. The minimum atomic E-state index is -0.531. The molecule has 2 aromatic carbocycles. The number of nitro groups is 1. The average Bonchev–Trinajstić information content (AvgIpc) is 3.22. The van der Waals surface area contributed by atoms with E-state index >= 15 is 0 Å². The molecule has 176 valence electrons. The first-order valence-electron chi connectivity index (χ1n) is 10.5. The summed E-state index contributed by atoms with van der Waals surface area (Å²) in [5.74, 6) is 0.833. The van der Waals surface area contributed by atoms with Crippen LogP contribution in [0.3, 0.4) is 0 Å². The Balaban J connectivity index is 0.00000306. The van der Waals surface area contributed by atoms with E-state index in [0.29, 0.717) is 48.5 Å². The molecule has 9 nitrogen and oxygen atoms in total. The molecule has 1 amide bonds. The highest BCUT2D eigenvalue weighted by atomic mass is 35.5. The maximum Gasteiger partial charge on any atom is 0.282 e. The first kappa shape index (κ1) is 24.7. The Kier molecular flexibility index (Phi) is 8.06. The number of likely N-dealkylation sites (N-methyl/N-ethyl adjacent to an activating group) is 1. The SMILES string of the molecule is CCN(CC)CCN(C(=O)c1ccccc1[N+](=O)[O-])c1nc2cc3c(cc2s1)OCCO3.Cl. The van der Waals surface area contributed by atoms with E-state index in [1.54, 1.807) is 12.1 Å². The largest absolute Gasteiger partial charge is 0.486 e. The van der Waals surface area contributed by atoms with Crippen molar-refractivity contribution in [1.82, 2.24) is 9.88 Å². The Bertz CT molecular complexity index is 1110. The van der Waals surface area contributed by atoms with Crippen molar-refractivity contribution in [2.75, 3.05) is 44.3 Å². The topological polar surface area (TPSA) is 98.0 Å². The molecule has 0 saturated carbocycles. The van der Waals surface area contributed by atoms with Crippen LogP contribution < -0.4 is 14.4 Å². The molecule has 2 heterocycles. The van der Waals surface area contributed by atoms with Crippen molar-refractivity contribution in [3.8, 4) is 11.5 Å². The predicted molar refractivity (Wildman–Crippen MR) is 130 cm³/mol. The zero-order valence-corrected chi connectivity index (χ0v) is 20.0. The maximum atomic E-state index is 13.5. The molecule has 0 saturated heterocycles. The number of halogens is 1. The van der Waals surface area contributed by atoms with Gasteiger partial charge in [0.15, 0.2) is 16.6 Å². The van der Waals surface area contributed by atoms with Crippen LogP contribution in [0.25, 0.3) is 10.2 Å². The average molecular weight is 493 g/mol. The summed E-state index contributed by atoms with van der Waals surface area (Å²) >= 11 is 1.35. The molecule has 0 N–H and O–H groups in total. The van der Waals surface area contributed by atoms with Gasteiger partial charge < -0.3 is 14.4 Å². The molecule has 0 fully saturated rings. The number of hydrogen-bond acceptors (Lipinski definition) is 8. The number of carbonyl (C=O) groups excluding carboxylic acids is 1. The van der Waals surface area contributed by atoms with Gasteiger partial charge in [0, 0.05) is 31.3 Å². The molecule has 11 heteroatoms. The van der Waals surface area contributed by atoms with Crippen molar-refractivity contribution in [2.24, 2.45) is 0 Å². The van der Waals surface area contributed by atoms with Gasteiger partial charge in [0.1, 0.15) is 18.8 Å². The maximum absolute atomic E-state index is 13.5. The molecule has 33 heavy (non-hydrogen) atoms. The Hall–Kier alpha value is -2.95. The van der Waals surface area contributed by atoms with Crippen molar-refractivity contribution in [3.05, 3.63) is 52.1 Å². The third kappa shape index (κ3) is 5.18. The molecule has 0 atom stereocenters. The number of amides is 1. The highest BCUT2D eigenvalue weighted by molar-refractivity contribution is 7.22. The molecule has 0 spiro atoms. The zero-order chi connectivity index (χ0) is 22.7. The number of anilines is 1. The number of para-hydroxylation sites is 1. The Labute approximate surface area is 201 Å². The minimum Gasteiger partial charge on any atom is -0.486 e. The van der Waals surface area contributed by atoms with Gasteiger partial charge >= 0.3 is 0 Å². The van der Waals surface area contributed by atoms with E-state index in [9.17, 15) is 14.9 Å². The second-order valence-electron chi connectivity index (χ2n) is 7.22. The molecular weight excluding hydrogens is 468 g/mol. The van der Waals surface area contributed by atoms with E-state index in [2.05, 4.69) is 23.7 Å². The smallest absolute Gasteiger partial charge is 0.282 e. The first-order chi connectivity index (χ1) is 15.5. The molecule has 0 bridgehead atoms. The molecule has 1 aliphatic heterocycles. The van der Waals surface area contributed by atoms with Gasteiger partial charge in [-0.05, 0) is 19.2 Å². The summed E-state index contributed by atoms with van der Waals surface area (Å²) in [6.07, 6.45) is 0. The van der Waals surface area contributed by atoms with Crippen LogP contribution in [0, 0.1) is 10.1 Å². The number of nitro benzene ring substituents is 1. The van der Waals surface area contributed by atoms with E-state index in [0.717, 1.165) is 17.8 Å². The lowest BCUT2D eigenvalue weighted by Crippen LogP contribution is -2.39. The van der Waals surface area contributed by atoms with Gasteiger partial charge in [-0.25, -0.2) is 4.98 Å². The number of rotatable bonds is 8. The highest BCUT2D eigenvalue weighted by Gasteiger charge is 2.28. The van der Waals surface area contributed by atoms with Crippen LogP contribution in [-0.2, 0) is 0 Å². The Morgan fingerprint density at radius 3 is 2.45 bits per heavy atom. The fraction of sp³-hybridized carbons (Fsp3) is 0.364. The van der Waals surface area contributed by atoms with Gasteiger partial charge in [-0.1, -0.05) is 37.3 Å². The van der Waals surface area contributed by atoms with Crippen molar-refractivity contribution < 1.29 is 19.2 Å². The lowest BCUT2D eigenvalue weighted by Gasteiger charge is -2.24. The van der Waals surface area contributed by atoms with Crippen LogP contribution in [0.4, 0.5) is 10.8 Å². The number of fused-ring (bicyclic) bond motifs is 2. The second kappa shape index (κ2) is 10.8. The number of benzene rings is 2. The third-order valence-corrected chi connectivity index (χ3v) is 6.42. The Morgan fingerprint density at radius 1 is 1.12 bits per heavy atom. The molecule has 4 rings (SSSR count). The third-order valence-electron chi connectivity index (χ3n) is 5.38. The van der Waals surface area contributed by atoms with Crippen LogP contribution in [0.5, 0.6) is 11.5 Å². The molecule has 0 radical (unpaired) electrons. The number of nitrogens with zero attached hydrogens (tertiary/aromatic N) is 4. The van der Waals surface area contributed by atoms with Crippen LogP contribution in [-0.4, -0.2) is 60.1 Å². The van der Waals surface area contributed by atoms with E-state index < -0.39 is 10.8 Å². The summed E-state index contributed by atoms with van der Waals surface area (Å²) in [5.41, 5.74) is 0.517. The summed E-state index contributed by atoms with van der Waals surface area (Å²) in [5, 5.41) is 12.0. The molecule has 3 aromatic rings. The van der Waals surface area contributed by atoms with Gasteiger partial charge in [-0.3, -0.25) is 19.8 Å². The quantitative estimate of drug-likeness (QED) is 0.340. The van der Waals surface area contributed by atoms with Crippen molar-refractivity contribution in [2.45, 2.75) is 13.8 Å². The van der Waals surface area contributed by atoms with E-state index in [-0.39, 0.29) is 23.7 Å². The van der Waals surface area contributed by atoms with Gasteiger partial charge in [0.25, 0.3) is 11.6 Å². The van der Waals surface area contributed by atoms with Gasteiger partial charge in [0.05, 0.1) is 15.1 Å². The minimum absolute atomic E-state index is 0. The van der Waals surface area contributed by atoms with Crippen molar-refractivity contribution in [1.29, 1.82) is 0 Å². The zero-order valence-electron chi connectivity index (χ0n) is 18.4. The summed E-state index contributed by atoms with van der Waals surface area (Å²) < 4.78 is 12.2. The van der Waals surface area contributed by atoms with Crippen LogP contribution in [0.15, 0.2) is 36.4 Å². The Morgan fingerprint density at radius 2 is 1.79 bits per heavy atom. The summed E-state index contributed by atoms with van der Waals surface area (Å²) in [4.78, 5) is 32.9. The first-order valence-corrected chi connectivity index (χ1v) is 11.3. The molecule has 0 unspecified atom stereocenters. The summed E-state index contributed by atoms with van der Waals surface area (Å²) in [7, 11) is 0. The number of thiazole rings is 1. The van der Waals surface area contributed by atoms with Crippen molar-refractivity contribution >= 4 is 50.7 Å². The highest BCUT2D eigenvalue weighted by Crippen LogP contribution is 2.39. The lowest BCUT2D eigenvalue weighted by molar-refractivity contribution is -0.385. The van der Waals surface area contributed by atoms with E-state index in [1.165, 1.54) is 28.4 Å². The van der Waals surface area contributed by atoms with E-state index in [1.807, 2.05) is 12.1 Å². The summed E-state index contributed by atoms with van der Waals surface area (Å²) in [6, 6.07) is 9.68. The lowest BCUT2D eigenvalue weighted by atomic mass is 10.1. The number of ether oxygens (including phenoxy) is 2. The van der Waals surface area contributed by atoms with Gasteiger partial charge in [-0.2, -0.15) is 0 Å². The molecule has 1 aromatic heterocycles. The number of carbonyl (C=O) groups is 1. The van der Waals surface area contributed by atoms with Crippen LogP contribution in [0.2, 0.25) is 0 Å². The molecule has 1 aliphatic rings. The second-order valence-corrected chi connectivity index (χ2v) is 8.23. The van der Waals surface area contributed by atoms with Crippen LogP contribution >= 0.6 is 23.7 Å². The van der Waals surface area contributed by atoms with Crippen molar-refractivity contribution in [3.63, 3.8) is 0 Å². The standard InChI is InChI=1S/C22H24N4O5S.ClH/c1-3-24(4-2)9-10-25(21(27)15-7-5-6-8-17(15)26(28)29)22-23-16-13-18-19(14-20(16)32-22)31-12-11-30-18;/h5-8,13-14H,3-4,9-12H2,1-2H3;1H. The van der Waals surface area contributed by atoms with E-state index in [4.69, 9.17) is 9.47 Å². The number of hydrogen-bond donors (Lipinski definition) is 0. The monoisotopic (exact) mass is 492 g/mol. The fourth-order valence-corrected chi connectivity index (χ4v) is 4.59. The van der Waals surface area contributed by atoms with Crippen LogP contribution in [0.1, 0.15) is 24.2 Å². The number of aromatic nitrogens is 1. The molecular formula is C22H25ClN4O5S. The predicted octanol–water partition coefficient (Wildman–Crippen LogP) is 4.39. The van der Waals surface area contributed by atoms with Gasteiger partial charge in [0.2, 0.25) is 0 Å².